The number of aromatic nitrogens is 2. The van der Waals surface area contributed by atoms with Crippen LogP contribution in [0.1, 0.15) is 25.7 Å². The van der Waals surface area contributed by atoms with Crippen molar-refractivity contribution in [1.82, 2.24) is 15.0 Å². The van der Waals surface area contributed by atoms with Gasteiger partial charge in [0.25, 0.3) is 0 Å². The predicted octanol–water partition coefficient (Wildman–Crippen LogP) is 2.47. The highest BCUT2D eigenvalue weighted by molar-refractivity contribution is 5.53. The van der Waals surface area contributed by atoms with Gasteiger partial charge < -0.3 is 9.63 Å². The van der Waals surface area contributed by atoms with Gasteiger partial charge in [0.1, 0.15) is 5.82 Å². The Morgan fingerprint density at radius 2 is 2.14 bits per heavy atom. The van der Waals surface area contributed by atoms with E-state index in [4.69, 9.17) is 4.52 Å². The van der Waals surface area contributed by atoms with Crippen LogP contribution >= 0.6 is 0 Å². The molecule has 0 spiro atoms. The van der Waals surface area contributed by atoms with E-state index in [9.17, 15) is 9.50 Å². The zero-order valence-electron chi connectivity index (χ0n) is 12.6. The molecule has 1 saturated heterocycles. The molecule has 2 unspecified atom stereocenters. The van der Waals surface area contributed by atoms with Crippen LogP contribution in [-0.4, -0.2) is 39.3 Å². The van der Waals surface area contributed by atoms with E-state index in [2.05, 4.69) is 22.0 Å². The number of hydrogen-bond acceptors (Lipinski definition) is 5. The maximum absolute atomic E-state index is 12.9. The van der Waals surface area contributed by atoms with Gasteiger partial charge in [0.2, 0.25) is 11.7 Å². The van der Waals surface area contributed by atoms with Crippen molar-refractivity contribution in [2.75, 3.05) is 13.2 Å². The molecule has 1 aromatic heterocycles. The molecule has 2 heterocycles. The molecule has 2 atom stereocenters. The van der Waals surface area contributed by atoms with Crippen LogP contribution in [0.3, 0.4) is 0 Å². The summed E-state index contributed by atoms with van der Waals surface area (Å²) in [5, 5.41) is 13.5. The minimum absolute atomic E-state index is 0.134. The molecule has 5 nitrogen and oxygen atoms in total. The molecule has 1 fully saturated rings. The van der Waals surface area contributed by atoms with E-state index in [0.717, 1.165) is 24.9 Å². The largest absolute Gasteiger partial charge is 0.395 e. The first kappa shape index (κ1) is 15.1. The van der Waals surface area contributed by atoms with Crippen molar-refractivity contribution in [3.63, 3.8) is 0 Å². The fourth-order valence-corrected chi connectivity index (χ4v) is 3.04. The molecule has 0 aliphatic carbocycles. The maximum Gasteiger partial charge on any atom is 0.241 e. The summed E-state index contributed by atoms with van der Waals surface area (Å²) in [5.74, 6) is 1.14. The van der Waals surface area contributed by atoms with Crippen LogP contribution in [0.25, 0.3) is 11.4 Å². The second-order valence-corrected chi connectivity index (χ2v) is 5.86. The third-order valence-electron chi connectivity index (χ3n) is 4.33. The van der Waals surface area contributed by atoms with Gasteiger partial charge in [0.15, 0.2) is 0 Å². The zero-order valence-corrected chi connectivity index (χ0v) is 12.6. The number of likely N-dealkylation sites (tertiary alicyclic amines) is 1. The zero-order chi connectivity index (χ0) is 15.5. The number of nitrogens with zero attached hydrogens (tertiary/aromatic N) is 3. The van der Waals surface area contributed by atoms with Gasteiger partial charge in [0.05, 0.1) is 13.2 Å². The van der Waals surface area contributed by atoms with Gasteiger partial charge in [-0.1, -0.05) is 12.1 Å². The highest BCUT2D eigenvalue weighted by Crippen LogP contribution is 2.25. The smallest absolute Gasteiger partial charge is 0.241 e. The van der Waals surface area contributed by atoms with Gasteiger partial charge in [0, 0.05) is 11.6 Å². The van der Waals surface area contributed by atoms with Crippen LogP contribution < -0.4 is 0 Å². The summed E-state index contributed by atoms with van der Waals surface area (Å²) < 4.78 is 18.2. The van der Waals surface area contributed by atoms with Crippen molar-refractivity contribution in [2.24, 2.45) is 5.92 Å². The molecule has 0 bridgehead atoms. The summed E-state index contributed by atoms with van der Waals surface area (Å²) in [6.45, 7) is 3.75. The van der Waals surface area contributed by atoms with Crippen molar-refractivity contribution in [3.05, 3.63) is 36.0 Å². The van der Waals surface area contributed by atoms with Crippen molar-refractivity contribution >= 4 is 0 Å². The summed E-state index contributed by atoms with van der Waals surface area (Å²) in [5.41, 5.74) is 0.724. The Hall–Kier alpha value is -1.79. The van der Waals surface area contributed by atoms with Crippen molar-refractivity contribution in [1.29, 1.82) is 0 Å². The molecule has 1 aliphatic heterocycles. The quantitative estimate of drug-likeness (QED) is 0.940. The fraction of sp³-hybridized carbons (Fsp3) is 0.500. The topological polar surface area (TPSA) is 62.4 Å². The molecular formula is C16H20FN3O2. The average molecular weight is 305 g/mol. The summed E-state index contributed by atoms with van der Waals surface area (Å²) in [6, 6.07) is 6.14. The Morgan fingerprint density at radius 1 is 1.36 bits per heavy atom. The van der Waals surface area contributed by atoms with E-state index in [1.165, 1.54) is 12.1 Å². The summed E-state index contributed by atoms with van der Waals surface area (Å²) in [6.07, 6.45) is 2.24. The predicted molar refractivity (Wildman–Crippen MR) is 79.4 cm³/mol. The first-order valence-electron chi connectivity index (χ1n) is 7.61. The first-order valence-corrected chi connectivity index (χ1v) is 7.61. The van der Waals surface area contributed by atoms with Crippen molar-refractivity contribution < 1.29 is 14.0 Å². The van der Waals surface area contributed by atoms with E-state index in [0.29, 0.717) is 24.2 Å². The molecule has 22 heavy (non-hydrogen) atoms. The van der Waals surface area contributed by atoms with Crippen LogP contribution in [0.2, 0.25) is 0 Å². The molecule has 1 aliphatic rings. The lowest BCUT2D eigenvalue weighted by atomic mass is 9.91. The van der Waals surface area contributed by atoms with Crippen LogP contribution in [0.15, 0.2) is 28.8 Å². The number of aliphatic hydroxyl groups is 1. The molecule has 118 valence electrons. The van der Waals surface area contributed by atoms with Gasteiger partial charge >= 0.3 is 0 Å². The number of halogens is 1. The first-order chi connectivity index (χ1) is 10.7. The van der Waals surface area contributed by atoms with Gasteiger partial charge in [-0.05, 0) is 49.6 Å². The Bertz CT molecular complexity index is 614. The lowest BCUT2D eigenvalue weighted by Crippen LogP contribution is -2.46. The highest BCUT2D eigenvalue weighted by atomic mass is 19.1. The second kappa shape index (κ2) is 6.54. The number of benzene rings is 1. The normalized spacial score (nSPS) is 22.9. The molecule has 0 radical (unpaired) electrons. The summed E-state index contributed by atoms with van der Waals surface area (Å²) in [4.78, 5) is 6.57. The lowest BCUT2D eigenvalue weighted by molar-refractivity contribution is 0.0400. The Labute approximate surface area is 128 Å². The monoisotopic (exact) mass is 305 g/mol. The van der Waals surface area contributed by atoms with Crippen LogP contribution in [0.4, 0.5) is 4.39 Å². The van der Waals surface area contributed by atoms with Crippen molar-refractivity contribution in [2.45, 2.75) is 32.4 Å². The van der Waals surface area contributed by atoms with Gasteiger partial charge in [-0.15, -0.1) is 0 Å². The third-order valence-corrected chi connectivity index (χ3v) is 4.33. The SMILES string of the molecule is CC1CCCN(Cc2nc(-c3ccc(F)cc3)no2)C1CO. The Morgan fingerprint density at radius 3 is 2.86 bits per heavy atom. The lowest BCUT2D eigenvalue weighted by Gasteiger charge is -2.38. The molecule has 1 N–H and O–H groups in total. The molecule has 2 aromatic rings. The minimum atomic E-state index is -0.291. The highest BCUT2D eigenvalue weighted by Gasteiger charge is 2.29. The standard InChI is InChI=1S/C16H20FN3O2/c1-11-3-2-8-20(14(11)10-21)9-15-18-16(19-22-15)12-4-6-13(17)7-5-12/h4-7,11,14,21H,2-3,8-10H2,1H3. The van der Waals surface area contributed by atoms with Gasteiger partial charge in [-0.25, -0.2) is 4.39 Å². The minimum Gasteiger partial charge on any atom is -0.395 e. The number of aliphatic hydroxyl groups excluding tert-OH is 1. The Balaban J connectivity index is 1.72. The van der Waals surface area contributed by atoms with E-state index >= 15 is 0 Å². The Kier molecular flexibility index (Phi) is 4.49. The van der Waals surface area contributed by atoms with Crippen LogP contribution in [0, 0.1) is 11.7 Å². The number of piperidine rings is 1. The van der Waals surface area contributed by atoms with Gasteiger partial charge in [-0.2, -0.15) is 4.98 Å². The van der Waals surface area contributed by atoms with E-state index < -0.39 is 0 Å². The molecule has 6 heteroatoms. The van der Waals surface area contributed by atoms with E-state index in [1.54, 1.807) is 12.1 Å². The van der Waals surface area contributed by atoms with Crippen LogP contribution in [-0.2, 0) is 6.54 Å². The van der Waals surface area contributed by atoms with Crippen LogP contribution in [0.5, 0.6) is 0 Å². The molecule has 0 saturated carbocycles. The van der Waals surface area contributed by atoms with Crippen molar-refractivity contribution in [3.8, 4) is 11.4 Å². The number of rotatable bonds is 4. The average Bonchev–Trinajstić information content (AvgIpc) is 2.97. The fourth-order valence-electron chi connectivity index (χ4n) is 3.04. The van der Waals surface area contributed by atoms with E-state index in [1.807, 2.05) is 0 Å². The maximum atomic E-state index is 12.9. The molecule has 1 aromatic carbocycles. The summed E-state index contributed by atoms with van der Waals surface area (Å²) in [7, 11) is 0. The molecule has 3 rings (SSSR count). The van der Waals surface area contributed by atoms with E-state index in [-0.39, 0.29) is 18.5 Å². The second-order valence-electron chi connectivity index (χ2n) is 5.86. The number of hydrogen-bond donors (Lipinski definition) is 1. The third kappa shape index (κ3) is 3.18. The summed E-state index contributed by atoms with van der Waals surface area (Å²) >= 11 is 0. The molecule has 0 amide bonds. The molecular weight excluding hydrogens is 285 g/mol. The van der Waals surface area contributed by atoms with Gasteiger partial charge in [-0.3, -0.25) is 4.90 Å².